The first-order chi connectivity index (χ1) is 10.7. The van der Waals surface area contributed by atoms with Gasteiger partial charge >= 0.3 is 0 Å². The van der Waals surface area contributed by atoms with Crippen molar-refractivity contribution in [1.82, 2.24) is 0 Å². The summed E-state index contributed by atoms with van der Waals surface area (Å²) >= 11 is 2.25. The molecule has 0 aromatic heterocycles. The number of halogens is 1. The highest BCUT2D eigenvalue weighted by Crippen LogP contribution is 2.17. The van der Waals surface area contributed by atoms with Crippen LogP contribution in [0, 0.1) is 3.57 Å². The van der Waals surface area contributed by atoms with Crippen LogP contribution in [-0.4, -0.2) is 19.1 Å². The van der Waals surface area contributed by atoms with Crippen molar-refractivity contribution in [3.05, 3.63) is 52.1 Å². The van der Waals surface area contributed by atoms with Crippen LogP contribution in [0.15, 0.2) is 48.5 Å². The maximum absolute atomic E-state index is 12.0. The van der Waals surface area contributed by atoms with Crippen molar-refractivity contribution in [1.29, 1.82) is 0 Å². The maximum atomic E-state index is 12.0. The number of hydrogen-bond donors (Lipinski definition) is 2. The van der Waals surface area contributed by atoms with Crippen LogP contribution in [0.1, 0.15) is 13.3 Å². The fourth-order valence-electron chi connectivity index (χ4n) is 1.84. The van der Waals surface area contributed by atoms with Gasteiger partial charge in [0.25, 0.3) is 0 Å². The third-order valence-corrected chi connectivity index (χ3v) is 3.61. The Morgan fingerprint density at radius 3 is 2.64 bits per heavy atom. The van der Waals surface area contributed by atoms with E-state index in [1.54, 1.807) is 0 Å². The van der Waals surface area contributed by atoms with Crippen LogP contribution in [0.3, 0.4) is 0 Å². The molecule has 22 heavy (non-hydrogen) atoms. The van der Waals surface area contributed by atoms with Gasteiger partial charge in [-0.15, -0.1) is 0 Å². The number of benzene rings is 2. The fourth-order valence-corrected chi connectivity index (χ4v) is 2.20. The third-order valence-electron chi connectivity index (χ3n) is 2.89. The first-order valence-electron chi connectivity index (χ1n) is 7.19. The predicted octanol–water partition coefficient (Wildman–Crippen LogP) is 4.13. The van der Waals surface area contributed by atoms with Crippen LogP contribution >= 0.6 is 22.6 Å². The molecule has 0 aliphatic rings. The first-order valence-corrected chi connectivity index (χ1v) is 8.27. The molecular weight excluding hydrogens is 391 g/mol. The monoisotopic (exact) mass is 410 g/mol. The SMILES string of the molecule is CCCOc1cccc(NC(=O)CNc2ccc(I)cc2)c1. The van der Waals surface area contributed by atoms with E-state index in [1.165, 1.54) is 0 Å². The zero-order chi connectivity index (χ0) is 15.8. The van der Waals surface area contributed by atoms with Crippen LogP contribution in [0.2, 0.25) is 0 Å². The molecular formula is C17H19IN2O2. The van der Waals surface area contributed by atoms with E-state index < -0.39 is 0 Å². The molecule has 0 atom stereocenters. The molecule has 0 saturated carbocycles. The van der Waals surface area contributed by atoms with E-state index in [0.29, 0.717) is 6.61 Å². The molecule has 2 rings (SSSR count). The molecule has 2 aromatic carbocycles. The molecule has 0 radical (unpaired) electrons. The Kier molecular flexibility index (Phi) is 6.51. The van der Waals surface area contributed by atoms with Crippen LogP contribution in [0.25, 0.3) is 0 Å². The molecule has 4 nitrogen and oxygen atoms in total. The number of ether oxygens (including phenoxy) is 1. The lowest BCUT2D eigenvalue weighted by Crippen LogP contribution is -2.21. The zero-order valence-corrected chi connectivity index (χ0v) is 14.6. The highest BCUT2D eigenvalue weighted by atomic mass is 127. The number of hydrogen-bond acceptors (Lipinski definition) is 3. The van der Waals surface area contributed by atoms with Gasteiger partial charge in [-0.25, -0.2) is 0 Å². The minimum Gasteiger partial charge on any atom is -0.494 e. The second-order valence-electron chi connectivity index (χ2n) is 4.78. The lowest BCUT2D eigenvalue weighted by Gasteiger charge is -2.10. The van der Waals surface area contributed by atoms with Gasteiger partial charge in [-0.05, 0) is 65.4 Å². The minimum absolute atomic E-state index is 0.0915. The van der Waals surface area contributed by atoms with Crippen molar-refractivity contribution >= 4 is 39.9 Å². The fraction of sp³-hybridized carbons (Fsp3) is 0.235. The van der Waals surface area contributed by atoms with Gasteiger partial charge in [-0.1, -0.05) is 13.0 Å². The summed E-state index contributed by atoms with van der Waals surface area (Å²) in [4.78, 5) is 12.0. The molecule has 116 valence electrons. The van der Waals surface area contributed by atoms with Crippen molar-refractivity contribution in [2.24, 2.45) is 0 Å². The van der Waals surface area contributed by atoms with Gasteiger partial charge in [0.1, 0.15) is 5.75 Å². The van der Waals surface area contributed by atoms with Crippen molar-refractivity contribution < 1.29 is 9.53 Å². The molecule has 5 heteroatoms. The first kappa shape index (κ1) is 16.6. The van der Waals surface area contributed by atoms with Crippen LogP contribution < -0.4 is 15.4 Å². The van der Waals surface area contributed by atoms with Gasteiger partial charge in [0.15, 0.2) is 0 Å². The summed E-state index contributed by atoms with van der Waals surface area (Å²) in [5.41, 5.74) is 1.67. The topological polar surface area (TPSA) is 50.4 Å². The average molecular weight is 410 g/mol. The van der Waals surface area contributed by atoms with Gasteiger partial charge in [0, 0.05) is 21.0 Å². The van der Waals surface area contributed by atoms with Crippen molar-refractivity contribution in [2.45, 2.75) is 13.3 Å². The summed E-state index contributed by atoms with van der Waals surface area (Å²) in [5, 5.41) is 5.95. The molecule has 0 aliphatic heterocycles. The molecule has 2 aromatic rings. The molecule has 0 fully saturated rings. The number of anilines is 2. The van der Waals surface area contributed by atoms with Crippen molar-refractivity contribution in [2.75, 3.05) is 23.8 Å². The van der Waals surface area contributed by atoms with Gasteiger partial charge in [0.05, 0.1) is 13.2 Å². The number of amides is 1. The Labute approximate surface area is 144 Å². The molecule has 1 amide bonds. The van der Waals surface area contributed by atoms with Crippen LogP contribution in [-0.2, 0) is 4.79 Å². The molecule has 0 saturated heterocycles. The van der Waals surface area contributed by atoms with E-state index in [0.717, 1.165) is 27.1 Å². The molecule has 0 spiro atoms. The van der Waals surface area contributed by atoms with Gasteiger partial charge in [0.2, 0.25) is 5.91 Å². The normalized spacial score (nSPS) is 10.1. The lowest BCUT2D eigenvalue weighted by atomic mass is 10.3. The van der Waals surface area contributed by atoms with E-state index in [4.69, 9.17) is 4.74 Å². The summed E-state index contributed by atoms with van der Waals surface area (Å²) in [7, 11) is 0. The number of rotatable bonds is 7. The average Bonchev–Trinajstić information content (AvgIpc) is 2.53. The van der Waals surface area contributed by atoms with E-state index in [9.17, 15) is 4.79 Å². The molecule has 0 unspecified atom stereocenters. The third kappa shape index (κ3) is 5.55. The van der Waals surface area contributed by atoms with Crippen molar-refractivity contribution in [3.63, 3.8) is 0 Å². The molecule has 0 aliphatic carbocycles. The molecule has 0 heterocycles. The largest absolute Gasteiger partial charge is 0.494 e. The van der Waals surface area contributed by atoms with Crippen LogP contribution in [0.5, 0.6) is 5.75 Å². The van der Waals surface area contributed by atoms with Gasteiger partial charge in [-0.2, -0.15) is 0 Å². The molecule has 0 bridgehead atoms. The molecule has 2 N–H and O–H groups in total. The van der Waals surface area contributed by atoms with Gasteiger partial charge < -0.3 is 15.4 Å². The summed E-state index contributed by atoms with van der Waals surface area (Å²) in [6, 6.07) is 15.3. The summed E-state index contributed by atoms with van der Waals surface area (Å²) < 4.78 is 6.71. The maximum Gasteiger partial charge on any atom is 0.243 e. The summed E-state index contributed by atoms with van der Waals surface area (Å²) in [5.74, 6) is 0.677. The number of carbonyl (C=O) groups is 1. The van der Waals surface area contributed by atoms with E-state index in [2.05, 4.69) is 40.1 Å². The van der Waals surface area contributed by atoms with E-state index in [-0.39, 0.29) is 12.5 Å². The Bertz CT molecular complexity index is 614. The number of nitrogens with one attached hydrogen (secondary N) is 2. The Balaban J connectivity index is 1.85. The Morgan fingerprint density at radius 1 is 1.14 bits per heavy atom. The highest BCUT2D eigenvalue weighted by Gasteiger charge is 2.03. The quantitative estimate of drug-likeness (QED) is 0.675. The van der Waals surface area contributed by atoms with Crippen LogP contribution in [0.4, 0.5) is 11.4 Å². The second-order valence-corrected chi connectivity index (χ2v) is 6.03. The lowest BCUT2D eigenvalue weighted by molar-refractivity contribution is -0.114. The second kappa shape index (κ2) is 8.63. The Hall–Kier alpha value is -1.76. The highest BCUT2D eigenvalue weighted by molar-refractivity contribution is 14.1. The van der Waals surface area contributed by atoms with E-state index in [1.807, 2.05) is 48.5 Å². The smallest absolute Gasteiger partial charge is 0.243 e. The summed E-state index contributed by atoms with van der Waals surface area (Å²) in [6.07, 6.45) is 0.955. The predicted molar refractivity (Wildman–Crippen MR) is 98.5 cm³/mol. The number of carbonyl (C=O) groups excluding carboxylic acids is 1. The standard InChI is InChI=1S/C17H19IN2O2/c1-2-10-22-16-5-3-4-15(11-16)20-17(21)12-19-14-8-6-13(18)7-9-14/h3-9,11,19H,2,10,12H2,1H3,(H,20,21). The van der Waals surface area contributed by atoms with Crippen molar-refractivity contribution in [3.8, 4) is 5.75 Å². The minimum atomic E-state index is -0.0915. The Morgan fingerprint density at radius 2 is 1.91 bits per heavy atom. The van der Waals surface area contributed by atoms with E-state index >= 15 is 0 Å². The van der Waals surface area contributed by atoms with Gasteiger partial charge in [-0.3, -0.25) is 4.79 Å². The summed E-state index contributed by atoms with van der Waals surface area (Å²) in [6.45, 7) is 2.95. The zero-order valence-electron chi connectivity index (χ0n) is 12.4.